The van der Waals surface area contributed by atoms with Crippen molar-refractivity contribution < 1.29 is 18.6 Å². The Morgan fingerprint density at radius 1 is 1.11 bits per heavy atom. The first kappa shape index (κ1) is 23.5. The van der Waals surface area contributed by atoms with Crippen LogP contribution >= 0.6 is 0 Å². The number of ether oxygens (including phenoxy) is 1. The quantitative estimate of drug-likeness (QED) is 0.261. The predicted molar refractivity (Wildman–Crippen MR) is 126 cm³/mol. The van der Waals surface area contributed by atoms with Crippen molar-refractivity contribution in [1.29, 1.82) is 5.41 Å². The van der Waals surface area contributed by atoms with Gasteiger partial charge in [0.05, 0.1) is 12.8 Å². The number of nitrogens with one attached hydrogen (secondary N) is 3. The maximum Gasteiger partial charge on any atom is 0.180 e. The number of nitrogens with zero attached hydrogens (tertiary/aromatic N) is 4. The summed E-state index contributed by atoms with van der Waals surface area (Å²) in [4.78, 5) is 16.1. The lowest BCUT2D eigenvalue weighted by molar-refractivity contribution is 0.335. The number of benzene rings is 2. The number of para-hydroxylation sites is 1. The van der Waals surface area contributed by atoms with Gasteiger partial charge in [-0.3, -0.25) is 5.41 Å². The van der Waals surface area contributed by atoms with Crippen LogP contribution in [-0.4, -0.2) is 37.4 Å². The number of aromatic nitrogens is 4. The Bertz CT molecular complexity index is 1330. The second kappa shape index (κ2) is 10.5. The highest BCUT2D eigenvalue weighted by Crippen LogP contribution is 2.26. The summed E-state index contributed by atoms with van der Waals surface area (Å²) in [7, 11) is 0. The van der Waals surface area contributed by atoms with E-state index in [2.05, 4.69) is 30.6 Å². The zero-order valence-corrected chi connectivity index (χ0v) is 18.6. The molecule has 4 aromatic rings. The zero-order chi connectivity index (χ0) is 24.8. The van der Waals surface area contributed by atoms with Gasteiger partial charge in [0.15, 0.2) is 17.4 Å². The van der Waals surface area contributed by atoms with Gasteiger partial charge in [0, 0.05) is 41.7 Å². The third kappa shape index (κ3) is 5.46. The molecular formula is C24H21F2N7O2. The normalized spacial score (nSPS) is 10.6. The van der Waals surface area contributed by atoms with Gasteiger partial charge in [-0.05, 0) is 19.1 Å². The minimum atomic E-state index is -0.740. The molecule has 0 fully saturated rings. The molecule has 0 spiro atoms. The third-order valence-electron chi connectivity index (χ3n) is 4.90. The molecule has 0 aliphatic carbocycles. The molecular weight excluding hydrogens is 456 g/mol. The molecule has 0 atom stereocenters. The van der Waals surface area contributed by atoms with Crippen LogP contribution < -0.4 is 15.4 Å². The van der Waals surface area contributed by atoms with Crippen molar-refractivity contribution in [3.05, 3.63) is 89.8 Å². The van der Waals surface area contributed by atoms with Crippen molar-refractivity contribution in [2.24, 2.45) is 0 Å². The number of hydrogen-bond donors (Lipinski definition) is 4. The topological polar surface area (TPSA) is 129 Å². The highest BCUT2D eigenvalue weighted by Gasteiger charge is 2.17. The van der Waals surface area contributed by atoms with E-state index in [1.54, 1.807) is 37.3 Å². The lowest BCUT2D eigenvalue weighted by atomic mass is 10.1. The molecule has 0 saturated carbocycles. The van der Waals surface area contributed by atoms with E-state index in [0.717, 1.165) is 12.1 Å². The third-order valence-corrected chi connectivity index (χ3v) is 4.90. The summed E-state index contributed by atoms with van der Waals surface area (Å²) >= 11 is 0. The van der Waals surface area contributed by atoms with Crippen molar-refractivity contribution >= 4 is 23.0 Å². The fourth-order valence-electron chi connectivity index (χ4n) is 3.23. The van der Waals surface area contributed by atoms with Gasteiger partial charge in [0.25, 0.3) is 0 Å². The van der Waals surface area contributed by atoms with Gasteiger partial charge in [-0.1, -0.05) is 18.2 Å². The van der Waals surface area contributed by atoms with E-state index >= 15 is 0 Å². The summed E-state index contributed by atoms with van der Waals surface area (Å²) in [5.41, 5.74) is 0.628. The van der Waals surface area contributed by atoms with Crippen molar-refractivity contribution in [3.8, 4) is 11.5 Å². The number of anilines is 3. The molecule has 2 aromatic carbocycles. The van der Waals surface area contributed by atoms with Gasteiger partial charge in [0.1, 0.15) is 35.2 Å². The number of aromatic hydroxyl groups is 1. The van der Waals surface area contributed by atoms with Gasteiger partial charge in [0.2, 0.25) is 0 Å². The number of hydrogen-bond acceptors (Lipinski definition) is 9. The standard InChI is InChI=1S/C24H21F2N7O2/c1-2-35-14-9-17(25)16(18(26)10-14)11-29-19-6-4-3-5-15(19)22(27)24-30-12-20(34)23(33-24)32-21-7-8-28-13-31-21/h3-10,12-13,27,29,34H,2,11H2,1H3,(H,28,30,31,32,33). The minimum Gasteiger partial charge on any atom is -0.503 e. The first-order valence-electron chi connectivity index (χ1n) is 10.6. The second-order valence-electron chi connectivity index (χ2n) is 7.22. The molecule has 4 rings (SSSR count). The summed E-state index contributed by atoms with van der Waals surface area (Å²) in [6.07, 6.45) is 4.02. The van der Waals surface area contributed by atoms with Crippen LogP contribution in [0.25, 0.3) is 0 Å². The highest BCUT2D eigenvalue weighted by molar-refractivity contribution is 6.12. The van der Waals surface area contributed by atoms with Gasteiger partial charge in [-0.2, -0.15) is 0 Å². The van der Waals surface area contributed by atoms with E-state index in [4.69, 9.17) is 10.1 Å². The lowest BCUT2D eigenvalue weighted by Crippen LogP contribution is -2.13. The maximum atomic E-state index is 14.5. The van der Waals surface area contributed by atoms with Crippen molar-refractivity contribution in [1.82, 2.24) is 19.9 Å². The summed E-state index contributed by atoms with van der Waals surface area (Å²) in [6.45, 7) is 1.86. The molecule has 35 heavy (non-hydrogen) atoms. The molecule has 0 saturated heterocycles. The Morgan fingerprint density at radius 3 is 2.60 bits per heavy atom. The molecule has 4 N–H and O–H groups in total. The van der Waals surface area contributed by atoms with Gasteiger partial charge < -0.3 is 20.5 Å². The van der Waals surface area contributed by atoms with Gasteiger partial charge >= 0.3 is 0 Å². The Kier molecular flexibility index (Phi) is 7.05. The molecule has 0 unspecified atom stereocenters. The lowest BCUT2D eigenvalue weighted by Gasteiger charge is -2.14. The smallest absolute Gasteiger partial charge is 0.180 e. The monoisotopic (exact) mass is 477 g/mol. The largest absolute Gasteiger partial charge is 0.503 e. The minimum absolute atomic E-state index is 0.0204. The van der Waals surface area contributed by atoms with Crippen LogP contribution in [0.15, 0.2) is 61.2 Å². The van der Waals surface area contributed by atoms with Gasteiger partial charge in [-0.25, -0.2) is 28.7 Å². The van der Waals surface area contributed by atoms with Crippen molar-refractivity contribution in [2.75, 3.05) is 17.2 Å². The Morgan fingerprint density at radius 2 is 1.89 bits per heavy atom. The van der Waals surface area contributed by atoms with Crippen LogP contribution in [0.4, 0.5) is 26.1 Å². The summed E-state index contributed by atoms with van der Waals surface area (Å²) in [5.74, 6) is -1.12. The van der Waals surface area contributed by atoms with Crippen LogP contribution in [0.5, 0.6) is 11.5 Å². The second-order valence-corrected chi connectivity index (χ2v) is 7.22. The molecule has 2 heterocycles. The SMILES string of the molecule is CCOc1cc(F)c(CNc2ccccc2C(=N)c2ncc(O)c(Nc3ccncn3)n2)c(F)c1. The van der Waals surface area contributed by atoms with E-state index in [-0.39, 0.29) is 41.0 Å². The molecule has 0 bridgehead atoms. The maximum absolute atomic E-state index is 14.5. The summed E-state index contributed by atoms with van der Waals surface area (Å²) in [5, 5.41) is 24.6. The summed E-state index contributed by atoms with van der Waals surface area (Å²) < 4.78 is 34.1. The molecule has 0 aliphatic rings. The van der Waals surface area contributed by atoms with Gasteiger partial charge in [-0.15, -0.1) is 0 Å². The van der Waals surface area contributed by atoms with Crippen molar-refractivity contribution in [2.45, 2.75) is 13.5 Å². The molecule has 178 valence electrons. The van der Waals surface area contributed by atoms with E-state index < -0.39 is 11.6 Å². The molecule has 0 radical (unpaired) electrons. The fraction of sp³-hybridized carbons (Fsp3) is 0.125. The fourth-order valence-corrected chi connectivity index (χ4v) is 3.23. The molecule has 0 amide bonds. The first-order valence-corrected chi connectivity index (χ1v) is 10.6. The van der Waals surface area contributed by atoms with E-state index in [1.807, 2.05) is 0 Å². The van der Waals surface area contributed by atoms with Crippen LogP contribution in [0.1, 0.15) is 23.9 Å². The zero-order valence-electron chi connectivity index (χ0n) is 18.6. The Labute approximate surface area is 199 Å². The van der Waals surface area contributed by atoms with Crippen LogP contribution in [0, 0.1) is 17.0 Å². The Balaban J connectivity index is 1.57. The average molecular weight is 477 g/mol. The average Bonchev–Trinajstić information content (AvgIpc) is 2.85. The first-order chi connectivity index (χ1) is 17.0. The van der Waals surface area contributed by atoms with E-state index in [9.17, 15) is 13.9 Å². The van der Waals surface area contributed by atoms with E-state index in [0.29, 0.717) is 23.7 Å². The van der Waals surface area contributed by atoms with Crippen molar-refractivity contribution in [3.63, 3.8) is 0 Å². The Hall–Kier alpha value is -4.67. The molecule has 9 nitrogen and oxygen atoms in total. The molecule has 0 aliphatic heterocycles. The van der Waals surface area contributed by atoms with Crippen LogP contribution in [0.3, 0.4) is 0 Å². The van der Waals surface area contributed by atoms with Crippen LogP contribution in [-0.2, 0) is 6.54 Å². The number of halogens is 2. The van der Waals surface area contributed by atoms with E-state index in [1.165, 1.54) is 18.7 Å². The summed E-state index contributed by atoms with van der Waals surface area (Å²) in [6, 6.07) is 10.6. The molecule has 11 heteroatoms. The predicted octanol–water partition coefficient (Wildman–Crippen LogP) is 4.42. The highest BCUT2D eigenvalue weighted by atomic mass is 19.1. The molecule has 2 aromatic heterocycles. The van der Waals surface area contributed by atoms with Crippen LogP contribution in [0.2, 0.25) is 0 Å². The number of rotatable bonds is 9.